The van der Waals surface area contributed by atoms with Gasteiger partial charge in [-0.1, -0.05) is 50.6 Å². The van der Waals surface area contributed by atoms with E-state index < -0.39 is 0 Å². The summed E-state index contributed by atoms with van der Waals surface area (Å²) in [6.07, 6.45) is 3.48. The molecule has 2 atom stereocenters. The van der Waals surface area contributed by atoms with E-state index in [0.717, 1.165) is 12.8 Å². The van der Waals surface area contributed by atoms with Crippen LogP contribution >= 0.6 is 0 Å². The summed E-state index contributed by atoms with van der Waals surface area (Å²) in [5.41, 5.74) is 0.954. The van der Waals surface area contributed by atoms with Crippen molar-refractivity contribution in [1.82, 2.24) is 0 Å². The third-order valence-corrected chi connectivity index (χ3v) is 5.62. The molecule has 0 unspecified atom stereocenters. The molecule has 3 heteroatoms. The van der Waals surface area contributed by atoms with Gasteiger partial charge in [-0.25, -0.2) is 0 Å². The summed E-state index contributed by atoms with van der Waals surface area (Å²) in [6.45, 7) is 13.1. The van der Waals surface area contributed by atoms with E-state index in [4.69, 9.17) is 9.31 Å². The average Bonchev–Trinajstić information content (AvgIpc) is 2.69. The van der Waals surface area contributed by atoms with Gasteiger partial charge in [0.2, 0.25) is 0 Å². The average molecular weight is 302 g/mol. The molecule has 0 saturated carbocycles. The second kappa shape index (κ2) is 6.76. The molecule has 0 aliphatic carbocycles. The van der Waals surface area contributed by atoms with E-state index in [2.05, 4.69) is 71.9 Å². The summed E-state index contributed by atoms with van der Waals surface area (Å²) in [5.74, 6) is 1.03. The number of hydrogen-bond acceptors (Lipinski definition) is 2. The van der Waals surface area contributed by atoms with Crippen molar-refractivity contribution in [2.45, 2.75) is 77.8 Å². The van der Waals surface area contributed by atoms with Crippen LogP contribution in [0.4, 0.5) is 0 Å². The van der Waals surface area contributed by atoms with Crippen LogP contribution in [0.2, 0.25) is 5.82 Å². The van der Waals surface area contributed by atoms with Gasteiger partial charge in [-0.15, -0.1) is 0 Å². The van der Waals surface area contributed by atoms with Gasteiger partial charge in [0, 0.05) is 0 Å². The third kappa shape index (κ3) is 3.75. The van der Waals surface area contributed by atoms with Crippen molar-refractivity contribution < 1.29 is 9.31 Å². The lowest BCUT2D eigenvalue weighted by Crippen LogP contribution is -2.41. The second-order valence-electron chi connectivity index (χ2n) is 7.68. The first-order chi connectivity index (χ1) is 10.3. The molecule has 1 fully saturated rings. The van der Waals surface area contributed by atoms with Crippen LogP contribution < -0.4 is 0 Å². The van der Waals surface area contributed by atoms with Crippen molar-refractivity contribution in [1.29, 1.82) is 0 Å². The molecule has 0 aromatic heterocycles. The van der Waals surface area contributed by atoms with Gasteiger partial charge in [0.05, 0.1) is 11.2 Å². The van der Waals surface area contributed by atoms with Gasteiger partial charge in [-0.3, -0.25) is 0 Å². The maximum Gasteiger partial charge on any atom is 0.461 e. The minimum atomic E-state index is -0.232. The quantitative estimate of drug-likeness (QED) is 0.678. The molecule has 2 rings (SSSR count). The molecule has 0 radical (unpaired) electrons. The maximum atomic E-state index is 6.24. The molecular weight excluding hydrogens is 271 g/mol. The first-order valence-electron chi connectivity index (χ1n) is 8.66. The van der Waals surface area contributed by atoms with Crippen LogP contribution in [-0.4, -0.2) is 18.3 Å². The second-order valence-corrected chi connectivity index (χ2v) is 7.68. The lowest BCUT2D eigenvalue weighted by molar-refractivity contribution is 0.00578. The van der Waals surface area contributed by atoms with E-state index >= 15 is 0 Å². The Hall–Kier alpha value is -0.795. The standard InChI is InChI=1S/C19H31BO2/c1-7-17(14-13-16-11-9-8-10-12-16)15(2)20-21-18(3,4)19(5,6)22-20/h8-12,15,17H,7,13-14H2,1-6H3/t15-,17+/m1/s1. The molecule has 122 valence electrons. The lowest BCUT2D eigenvalue weighted by Gasteiger charge is -2.32. The Morgan fingerprint density at radius 3 is 2.05 bits per heavy atom. The zero-order valence-electron chi connectivity index (χ0n) is 15.1. The van der Waals surface area contributed by atoms with E-state index in [1.54, 1.807) is 0 Å². The normalized spacial score (nSPS) is 22.5. The van der Waals surface area contributed by atoms with Crippen molar-refractivity contribution in [2.75, 3.05) is 0 Å². The van der Waals surface area contributed by atoms with Gasteiger partial charge in [0.25, 0.3) is 0 Å². The number of hydrogen-bond donors (Lipinski definition) is 0. The Morgan fingerprint density at radius 2 is 1.55 bits per heavy atom. The molecule has 0 bridgehead atoms. The number of aryl methyl sites for hydroxylation is 1. The van der Waals surface area contributed by atoms with Gasteiger partial charge >= 0.3 is 7.12 Å². The zero-order chi connectivity index (χ0) is 16.4. The largest absolute Gasteiger partial charge is 0.461 e. The summed E-state index contributed by atoms with van der Waals surface area (Å²) in [6, 6.07) is 10.7. The highest BCUT2D eigenvalue weighted by Gasteiger charge is 2.53. The van der Waals surface area contributed by atoms with Crippen LogP contribution in [0.1, 0.15) is 59.9 Å². The van der Waals surface area contributed by atoms with Gasteiger partial charge in [0.1, 0.15) is 0 Å². The van der Waals surface area contributed by atoms with Gasteiger partial charge in [-0.05, 0) is 57.8 Å². The van der Waals surface area contributed by atoms with E-state index in [-0.39, 0.29) is 18.3 Å². The Kier molecular flexibility index (Phi) is 5.39. The first-order valence-corrected chi connectivity index (χ1v) is 8.66. The molecule has 0 N–H and O–H groups in total. The molecule has 1 aliphatic heterocycles. The Labute approximate surface area is 136 Å². The Bertz CT molecular complexity index is 454. The van der Waals surface area contributed by atoms with Crippen LogP contribution in [0.15, 0.2) is 30.3 Å². The fraction of sp³-hybridized carbons (Fsp3) is 0.684. The fourth-order valence-corrected chi connectivity index (χ4v) is 3.16. The lowest BCUT2D eigenvalue weighted by atomic mass is 9.64. The van der Waals surface area contributed by atoms with Crippen molar-refractivity contribution >= 4 is 7.12 Å². The van der Waals surface area contributed by atoms with Crippen molar-refractivity contribution in [3.8, 4) is 0 Å². The molecule has 0 amide bonds. The first kappa shape index (κ1) is 17.6. The molecule has 1 aliphatic rings. The van der Waals surface area contributed by atoms with E-state index in [1.165, 1.54) is 12.0 Å². The summed E-state index contributed by atoms with van der Waals surface area (Å²) in [5, 5.41) is 0. The molecule has 1 saturated heterocycles. The minimum absolute atomic E-state index is 0.0919. The summed E-state index contributed by atoms with van der Waals surface area (Å²) in [4.78, 5) is 0. The molecule has 22 heavy (non-hydrogen) atoms. The van der Waals surface area contributed by atoms with Crippen molar-refractivity contribution in [2.24, 2.45) is 5.92 Å². The molecular formula is C19H31BO2. The van der Waals surface area contributed by atoms with Gasteiger partial charge < -0.3 is 9.31 Å². The number of rotatable bonds is 6. The monoisotopic (exact) mass is 302 g/mol. The topological polar surface area (TPSA) is 18.5 Å². The van der Waals surface area contributed by atoms with Crippen LogP contribution in [0.5, 0.6) is 0 Å². The minimum Gasteiger partial charge on any atom is -0.403 e. The molecule has 0 spiro atoms. The third-order valence-electron chi connectivity index (χ3n) is 5.62. The summed E-state index contributed by atoms with van der Waals surface area (Å²) >= 11 is 0. The summed E-state index contributed by atoms with van der Waals surface area (Å²) in [7, 11) is -0.0919. The highest BCUT2D eigenvalue weighted by atomic mass is 16.7. The van der Waals surface area contributed by atoms with Crippen LogP contribution in [-0.2, 0) is 15.7 Å². The van der Waals surface area contributed by atoms with E-state index in [0.29, 0.717) is 11.7 Å². The smallest absolute Gasteiger partial charge is 0.403 e. The fourth-order valence-electron chi connectivity index (χ4n) is 3.16. The van der Waals surface area contributed by atoms with Crippen molar-refractivity contribution in [3.63, 3.8) is 0 Å². The highest BCUT2D eigenvalue weighted by molar-refractivity contribution is 6.47. The predicted octanol–water partition coefficient (Wildman–Crippen LogP) is 5.13. The number of benzene rings is 1. The van der Waals surface area contributed by atoms with E-state index in [1.807, 2.05) is 0 Å². The Balaban J connectivity index is 1.96. The van der Waals surface area contributed by atoms with Gasteiger partial charge in [-0.2, -0.15) is 0 Å². The van der Waals surface area contributed by atoms with E-state index in [9.17, 15) is 0 Å². The Morgan fingerprint density at radius 1 is 1.00 bits per heavy atom. The summed E-state index contributed by atoms with van der Waals surface area (Å²) < 4.78 is 12.5. The molecule has 1 heterocycles. The van der Waals surface area contributed by atoms with Gasteiger partial charge in [0.15, 0.2) is 0 Å². The van der Waals surface area contributed by atoms with Crippen LogP contribution in [0, 0.1) is 5.92 Å². The maximum absolute atomic E-state index is 6.24. The molecule has 1 aromatic carbocycles. The predicted molar refractivity (Wildman–Crippen MR) is 94.1 cm³/mol. The molecule has 1 aromatic rings. The van der Waals surface area contributed by atoms with Crippen LogP contribution in [0.3, 0.4) is 0 Å². The molecule has 2 nitrogen and oxygen atoms in total. The highest BCUT2D eigenvalue weighted by Crippen LogP contribution is 2.42. The SMILES string of the molecule is CC[C@@H](CCc1ccccc1)[C@@H](C)B1OC(C)(C)C(C)(C)O1. The van der Waals surface area contributed by atoms with Crippen LogP contribution in [0.25, 0.3) is 0 Å². The van der Waals surface area contributed by atoms with Crippen molar-refractivity contribution in [3.05, 3.63) is 35.9 Å². The zero-order valence-corrected chi connectivity index (χ0v) is 15.1.